The van der Waals surface area contributed by atoms with Crippen molar-refractivity contribution in [1.29, 1.82) is 0 Å². The summed E-state index contributed by atoms with van der Waals surface area (Å²) >= 11 is 0. The first-order valence-corrected chi connectivity index (χ1v) is 22.4. The molecular formula is C48H56N12O8. The summed E-state index contributed by atoms with van der Waals surface area (Å²) < 4.78 is 0. The molecule has 0 bridgehead atoms. The molecule has 2 aromatic heterocycles. The Bertz CT molecular complexity index is 2650. The van der Waals surface area contributed by atoms with E-state index in [9.17, 15) is 39.2 Å². The summed E-state index contributed by atoms with van der Waals surface area (Å²) in [5, 5.41) is 47.4. The molecule has 0 fully saturated rings. The van der Waals surface area contributed by atoms with Crippen LogP contribution in [0.5, 0.6) is 0 Å². The molecule has 0 saturated carbocycles. The highest BCUT2D eigenvalue weighted by molar-refractivity contribution is 5.85. The van der Waals surface area contributed by atoms with Gasteiger partial charge in [-0.25, -0.2) is 9.59 Å². The zero-order valence-electron chi connectivity index (χ0n) is 38.9. The highest BCUT2D eigenvalue weighted by Gasteiger charge is 2.33. The van der Waals surface area contributed by atoms with Crippen molar-refractivity contribution in [2.75, 3.05) is 0 Å². The number of carboxylic acid groups (broad SMARTS) is 2. The summed E-state index contributed by atoms with van der Waals surface area (Å²) in [6, 6.07) is 28.1. The van der Waals surface area contributed by atoms with Crippen molar-refractivity contribution in [3.63, 3.8) is 0 Å². The maximum absolute atomic E-state index is 12.9. The second-order valence-corrected chi connectivity index (χ2v) is 16.7. The minimum absolute atomic E-state index is 0.157. The number of hydrogen-bond acceptors (Lipinski definition) is 14. The van der Waals surface area contributed by atoms with E-state index in [-0.39, 0.29) is 48.4 Å². The van der Waals surface area contributed by atoms with Crippen molar-refractivity contribution >= 4 is 23.8 Å². The van der Waals surface area contributed by atoms with Crippen LogP contribution >= 0.6 is 0 Å². The number of rotatable bonds is 22. The first-order valence-electron chi connectivity index (χ1n) is 22.4. The van der Waals surface area contributed by atoms with Crippen LogP contribution in [0.3, 0.4) is 0 Å². The number of unbranched alkanes of at least 4 members (excludes halogenated alkanes) is 2. The molecule has 0 aliphatic heterocycles. The van der Waals surface area contributed by atoms with Gasteiger partial charge in [0, 0.05) is 37.1 Å². The number of nitrogens with zero attached hydrogens (tertiary/aromatic N) is 12. The molecule has 6 rings (SSSR count). The number of carboxylic acids is 2. The fraction of sp³-hybridized carbons (Fsp3) is 0.375. The smallest absolute Gasteiger partial charge is 0.326 e. The van der Waals surface area contributed by atoms with Gasteiger partial charge in [-0.2, -0.15) is 0 Å². The van der Waals surface area contributed by atoms with Crippen LogP contribution in [0.2, 0.25) is 0 Å². The van der Waals surface area contributed by atoms with Gasteiger partial charge in [-0.3, -0.25) is 9.59 Å². The van der Waals surface area contributed by atoms with Gasteiger partial charge < -0.3 is 20.0 Å². The summed E-state index contributed by atoms with van der Waals surface area (Å²) in [6.45, 7) is 11.6. The molecule has 2 amide bonds. The normalized spacial score (nSPS) is 11.9. The Morgan fingerprint density at radius 2 is 1.03 bits per heavy atom. The van der Waals surface area contributed by atoms with Gasteiger partial charge in [0.25, 0.3) is 0 Å². The zero-order valence-corrected chi connectivity index (χ0v) is 38.9. The maximum atomic E-state index is 12.9. The summed E-state index contributed by atoms with van der Waals surface area (Å²) in [7, 11) is 0. The lowest BCUT2D eigenvalue weighted by atomic mass is 9.97. The van der Waals surface area contributed by atoms with Gasteiger partial charge in [-0.15, -0.1) is 25.1 Å². The third-order valence-electron chi connectivity index (χ3n) is 11.1. The van der Waals surface area contributed by atoms with Crippen LogP contribution in [0.15, 0.2) is 108 Å². The van der Waals surface area contributed by atoms with Gasteiger partial charge in [0.1, 0.15) is 17.4 Å². The van der Waals surface area contributed by atoms with E-state index in [1.165, 1.54) is 9.80 Å². The molecular weight excluding hydrogens is 873 g/mol. The van der Waals surface area contributed by atoms with Crippen LogP contribution in [0.4, 0.5) is 0 Å². The summed E-state index contributed by atoms with van der Waals surface area (Å²) in [6.07, 6.45) is 3.78. The number of aliphatic carboxylic acids is 2. The van der Waals surface area contributed by atoms with Crippen LogP contribution in [-0.4, -0.2) is 96.5 Å². The number of aromatic nitrogens is 8. The molecule has 2 N–H and O–H groups in total. The van der Waals surface area contributed by atoms with Gasteiger partial charge in [-0.1, -0.05) is 156 Å². The van der Waals surface area contributed by atoms with Crippen molar-refractivity contribution < 1.29 is 29.4 Å². The Balaban J connectivity index is 0.000000254. The van der Waals surface area contributed by atoms with Crippen LogP contribution in [0.25, 0.3) is 45.0 Å². The van der Waals surface area contributed by atoms with Gasteiger partial charge >= 0.3 is 11.9 Å². The van der Waals surface area contributed by atoms with E-state index in [4.69, 9.17) is 0 Å². The second-order valence-electron chi connectivity index (χ2n) is 16.7. The quantitative estimate of drug-likeness (QED) is 0.0607. The minimum atomic E-state index is -1.01. The van der Waals surface area contributed by atoms with E-state index in [0.717, 1.165) is 51.0 Å². The molecule has 356 valence electrons. The number of carbonyl (C=O) groups excluding carboxylic acids is 2. The Labute approximate surface area is 393 Å². The number of nitroso groups, excluding NO2 is 2. The average molecular weight is 929 g/mol. The Morgan fingerprint density at radius 1 is 0.588 bits per heavy atom. The molecule has 6 aromatic rings. The molecule has 68 heavy (non-hydrogen) atoms. The molecule has 20 nitrogen and oxygen atoms in total. The van der Waals surface area contributed by atoms with Crippen molar-refractivity contribution in [3.05, 3.63) is 118 Å². The van der Waals surface area contributed by atoms with Crippen LogP contribution in [0, 0.1) is 21.6 Å². The third-order valence-corrected chi connectivity index (χ3v) is 11.1. The molecule has 20 heteroatoms. The molecule has 0 aliphatic carbocycles. The van der Waals surface area contributed by atoms with Crippen molar-refractivity contribution in [2.45, 2.75) is 105 Å². The van der Waals surface area contributed by atoms with E-state index in [0.29, 0.717) is 41.7 Å². The van der Waals surface area contributed by atoms with Crippen molar-refractivity contribution in [3.8, 4) is 45.0 Å². The largest absolute Gasteiger partial charge is 0.480 e. The molecule has 2 heterocycles. The van der Waals surface area contributed by atoms with Gasteiger partial charge in [0.2, 0.25) is 23.5 Å². The SMILES string of the molecule is CCCCC(=O)N(Cc1ccc(-c2ccccc2-c2nnn(N=O)n2)cc1)[C@H](C(=O)O)C(C)C.CCCCC(=O)N(Cc1ccc(-c2ccccc2-c2nnnn2N=O)cc1)[C@H](C(=O)O)C(C)C. The summed E-state index contributed by atoms with van der Waals surface area (Å²) in [4.78, 5) is 75.7. The van der Waals surface area contributed by atoms with Gasteiger partial charge in [0.05, 0.1) is 5.29 Å². The molecule has 4 aromatic carbocycles. The summed E-state index contributed by atoms with van der Waals surface area (Å²) in [5.41, 5.74) is 6.33. The fourth-order valence-corrected chi connectivity index (χ4v) is 7.76. The standard InChI is InChI=1S/2C24H28N6O4/c1-4-5-10-21(31)29(22(16(2)3)24(32)33)15-17-11-13-18(14-12-17)19-8-6-7-9-20(19)23-25-26-27-30(23)28-34;1-4-5-10-21(31)29(22(16(2)3)24(32)33)15-17-11-13-18(14-12-17)19-8-6-7-9-20(19)23-25-27-30(26-23)28-34/h2*6-9,11-14,16,22H,4-5,10,15H2,1-3H3,(H,32,33)/t2*22-/m00/s1. The first-order chi connectivity index (χ1) is 32.7. The Hall–Kier alpha value is -7.90. The third kappa shape index (κ3) is 12.9. The number of amides is 2. The van der Waals surface area contributed by atoms with Crippen LogP contribution in [-0.2, 0) is 32.3 Å². The van der Waals surface area contributed by atoms with E-state index >= 15 is 0 Å². The maximum Gasteiger partial charge on any atom is 0.326 e. The fourth-order valence-electron chi connectivity index (χ4n) is 7.76. The number of hydrogen-bond donors (Lipinski definition) is 2. The lowest BCUT2D eigenvalue weighted by Crippen LogP contribution is -2.47. The predicted octanol–water partition coefficient (Wildman–Crippen LogP) is 8.33. The zero-order chi connectivity index (χ0) is 49.3. The molecule has 0 unspecified atom stereocenters. The number of benzene rings is 4. The Morgan fingerprint density at radius 3 is 1.43 bits per heavy atom. The van der Waals surface area contributed by atoms with Crippen LogP contribution in [0.1, 0.15) is 91.2 Å². The van der Waals surface area contributed by atoms with E-state index in [1.54, 1.807) is 19.9 Å². The summed E-state index contributed by atoms with van der Waals surface area (Å²) in [5.74, 6) is -2.29. The predicted molar refractivity (Wildman–Crippen MR) is 252 cm³/mol. The second kappa shape index (κ2) is 24.6. The average Bonchev–Trinajstić information content (AvgIpc) is 4.03. The van der Waals surface area contributed by atoms with Crippen molar-refractivity contribution in [2.24, 2.45) is 22.4 Å². The van der Waals surface area contributed by atoms with E-state index in [1.807, 2.05) is 119 Å². The first kappa shape index (κ1) is 51.1. The number of carbonyl (C=O) groups is 4. The molecule has 0 spiro atoms. The van der Waals surface area contributed by atoms with Gasteiger partial charge in [-0.05, 0) is 78.6 Å². The molecule has 0 aliphatic rings. The minimum Gasteiger partial charge on any atom is -0.480 e. The molecule has 0 radical (unpaired) electrons. The van der Waals surface area contributed by atoms with E-state index in [2.05, 4.69) is 41.5 Å². The molecule has 0 saturated heterocycles. The highest BCUT2D eigenvalue weighted by atomic mass is 16.4. The highest BCUT2D eigenvalue weighted by Crippen LogP contribution is 2.32. The van der Waals surface area contributed by atoms with Crippen LogP contribution < -0.4 is 0 Å². The monoisotopic (exact) mass is 928 g/mol. The van der Waals surface area contributed by atoms with Crippen molar-refractivity contribution in [1.82, 2.24) is 50.4 Å². The van der Waals surface area contributed by atoms with Gasteiger partial charge in [0.15, 0.2) is 0 Å². The molecule has 2 atom stereocenters. The van der Waals surface area contributed by atoms with E-state index < -0.39 is 24.0 Å². The topological polar surface area (TPSA) is 261 Å². The lowest BCUT2D eigenvalue weighted by Gasteiger charge is -2.32. The lowest BCUT2D eigenvalue weighted by molar-refractivity contribution is -0.153. The number of tetrazole rings is 2. The Kier molecular flexibility index (Phi) is 18.5.